The highest BCUT2D eigenvalue weighted by Gasteiger charge is 2.34. The van der Waals surface area contributed by atoms with Crippen LogP contribution in [0.4, 0.5) is 11.4 Å². The third-order valence-corrected chi connectivity index (χ3v) is 4.54. The molecule has 144 valence electrons. The van der Waals surface area contributed by atoms with Crippen molar-refractivity contribution in [1.29, 1.82) is 0 Å². The lowest BCUT2D eigenvalue weighted by Gasteiger charge is -2.13. The molecule has 0 saturated carbocycles. The minimum atomic E-state index is -0.544. The number of unbranched alkanes of at least 4 members (excludes halogenated alkanes) is 2. The standard InChI is InChI=1S/C20H19N3O5/c24-18(21-16-10-5-6-11-17(16)23(27)28)12-2-1-7-13-22-19(25)14-8-3-4-9-15(14)20(22)26/h3-6,8-11H,1-2,7,12-13H2,(H,21,24). The van der Waals surface area contributed by atoms with Crippen molar-refractivity contribution in [1.82, 2.24) is 4.90 Å². The van der Waals surface area contributed by atoms with Gasteiger partial charge in [-0.1, -0.05) is 30.7 Å². The fourth-order valence-electron chi connectivity index (χ4n) is 3.13. The summed E-state index contributed by atoms with van der Waals surface area (Å²) in [6.45, 7) is 0.304. The molecular weight excluding hydrogens is 362 g/mol. The summed E-state index contributed by atoms with van der Waals surface area (Å²) in [7, 11) is 0. The van der Waals surface area contributed by atoms with Crippen LogP contribution >= 0.6 is 0 Å². The van der Waals surface area contributed by atoms with Gasteiger partial charge in [0.05, 0.1) is 16.1 Å². The molecule has 2 aromatic carbocycles. The van der Waals surface area contributed by atoms with Gasteiger partial charge >= 0.3 is 0 Å². The Labute approximate surface area is 161 Å². The van der Waals surface area contributed by atoms with Crippen molar-refractivity contribution < 1.29 is 19.3 Å². The highest BCUT2D eigenvalue weighted by Crippen LogP contribution is 2.24. The maximum Gasteiger partial charge on any atom is 0.292 e. The lowest BCUT2D eigenvalue weighted by Crippen LogP contribution is -2.30. The van der Waals surface area contributed by atoms with Crippen molar-refractivity contribution in [3.05, 3.63) is 69.8 Å². The smallest absolute Gasteiger partial charge is 0.292 e. The molecule has 0 bridgehead atoms. The van der Waals surface area contributed by atoms with Crippen molar-refractivity contribution in [3.63, 3.8) is 0 Å². The summed E-state index contributed by atoms with van der Waals surface area (Å²) in [6.07, 6.45) is 1.99. The van der Waals surface area contributed by atoms with Crippen molar-refractivity contribution in [2.45, 2.75) is 25.7 Å². The van der Waals surface area contributed by atoms with Crippen molar-refractivity contribution in [2.24, 2.45) is 0 Å². The minimum absolute atomic E-state index is 0.151. The van der Waals surface area contributed by atoms with Crippen LogP contribution in [0.5, 0.6) is 0 Å². The topological polar surface area (TPSA) is 110 Å². The third kappa shape index (κ3) is 4.06. The predicted octanol–water partition coefficient (Wildman–Crippen LogP) is 3.39. The van der Waals surface area contributed by atoms with E-state index in [9.17, 15) is 24.5 Å². The SMILES string of the molecule is O=C(CCCCCN1C(=O)c2ccccc2C1=O)Nc1ccccc1[N+](=O)[O-]. The van der Waals surface area contributed by atoms with E-state index in [0.29, 0.717) is 36.9 Å². The van der Waals surface area contributed by atoms with Crippen LogP contribution in [0.2, 0.25) is 0 Å². The molecule has 3 amide bonds. The molecular formula is C20H19N3O5. The van der Waals surface area contributed by atoms with Crippen LogP contribution in [0.15, 0.2) is 48.5 Å². The van der Waals surface area contributed by atoms with Gasteiger partial charge in [-0.15, -0.1) is 0 Å². The predicted molar refractivity (Wildman–Crippen MR) is 102 cm³/mol. The molecule has 3 rings (SSSR count). The van der Waals surface area contributed by atoms with Crippen LogP contribution in [0.1, 0.15) is 46.4 Å². The summed E-state index contributed by atoms with van der Waals surface area (Å²) in [4.78, 5) is 48.2. The van der Waals surface area contributed by atoms with E-state index < -0.39 is 4.92 Å². The van der Waals surface area contributed by atoms with Gasteiger partial charge in [0.2, 0.25) is 5.91 Å². The molecule has 28 heavy (non-hydrogen) atoms. The van der Waals surface area contributed by atoms with Crippen LogP contribution in [-0.2, 0) is 4.79 Å². The first-order valence-electron chi connectivity index (χ1n) is 8.97. The van der Waals surface area contributed by atoms with Crippen LogP contribution < -0.4 is 5.32 Å². The fraction of sp³-hybridized carbons (Fsp3) is 0.250. The maximum atomic E-state index is 12.3. The van der Waals surface area contributed by atoms with E-state index in [-0.39, 0.29) is 35.5 Å². The Morgan fingerprint density at radius 3 is 2.18 bits per heavy atom. The third-order valence-electron chi connectivity index (χ3n) is 4.54. The highest BCUT2D eigenvalue weighted by atomic mass is 16.6. The van der Waals surface area contributed by atoms with Gasteiger partial charge in [0, 0.05) is 19.0 Å². The number of imide groups is 1. The second-order valence-electron chi connectivity index (χ2n) is 6.44. The van der Waals surface area contributed by atoms with Crippen LogP contribution in [0.25, 0.3) is 0 Å². The quantitative estimate of drug-likeness (QED) is 0.326. The summed E-state index contributed by atoms with van der Waals surface area (Å²) in [6, 6.07) is 12.7. The van der Waals surface area contributed by atoms with E-state index >= 15 is 0 Å². The second-order valence-corrected chi connectivity index (χ2v) is 6.44. The molecule has 0 fully saturated rings. The normalized spacial score (nSPS) is 12.8. The molecule has 2 aromatic rings. The van der Waals surface area contributed by atoms with E-state index in [0.717, 1.165) is 0 Å². The summed E-state index contributed by atoms with van der Waals surface area (Å²) >= 11 is 0. The number of rotatable bonds is 8. The van der Waals surface area contributed by atoms with Gasteiger partial charge in [-0.3, -0.25) is 29.4 Å². The molecule has 0 radical (unpaired) electrons. The lowest BCUT2D eigenvalue weighted by atomic mass is 10.1. The van der Waals surface area contributed by atoms with Crippen LogP contribution in [0.3, 0.4) is 0 Å². The van der Waals surface area contributed by atoms with Crippen molar-refractivity contribution in [3.8, 4) is 0 Å². The van der Waals surface area contributed by atoms with Gasteiger partial charge in [0.25, 0.3) is 17.5 Å². The zero-order valence-corrected chi connectivity index (χ0v) is 15.1. The van der Waals surface area contributed by atoms with E-state index in [1.807, 2.05) is 0 Å². The highest BCUT2D eigenvalue weighted by molar-refractivity contribution is 6.21. The summed E-state index contributed by atoms with van der Waals surface area (Å²) in [5, 5.41) is 13.5. The van der Waals surface area contributed by atoms with Gasteiger partial charge < -0.3 is 5.32 Å². The van der Waals surface area contributed by atoms with E-state index in [1.165, 1.54) is 23.1 Å². The number of amides is 3. The average molecular weight is 381 g/mol. The monoisotopic (exact) mass is 381 g/mol. The number of hydrogen-bond acceptors (Lipinski definition) is 5. The van der Waals surface area contributed by atoms with Crippen LogP contribution in [-0.4, -0.2) is 34.1 Å². The molecule has 8 nitrogen and oxygen atoms in total. The molecule has 0 spiro atoms. The summed E-state index contributed by atoms with van der Waals surface area (Å²) in [5.41, 5.74) is 0.873. The number of nitro benzene ring substituents is 1. The minimum Gasteiger partial charge on any atom is -0.320 e. The molecule has 8 heteroatoms. The Hall–Kier alpha value is -3.55. The summed E-state index contributed by atoms with van der Waals surface area (Å²) in [5.74, 6) is -0.875. The first-order chi connectivity index (χ1) is 13.5. The van der Waals surface area contributed by atoms with E-state index in [1.54, 1.807) is 30.3 Å². The van der Waals surface area contributed by atoms with Crippen LogP contribution in [0, 0.1) is 10.1 Å². The number of carbonyl (C=O) groups is 3. The zero-order chi connectivity index (χ0) is 20.1. The molecule has 1 aliphatic heterocycles. The largest absolute Gasteiger partial charge is 0.320 e. The Morgan fingerprint density at radius 1 is 0.929 bits per heavy atom. The molecule has 1 aliphatic rings. The van der Waals surface area contributed by atoms with E-state index in [4.69, 9.17) is 0 Å². The Bertz CT molecular complexity index is 906. The maximum absolute atomic E-state index is 12.3. The van der Waals surface area contributed by atoms with Gasteiger partial charge in [-0.2, -0.15) is 0 Å². The number of fused-ring (bicyclic) bond motifs is 1. The van der Waals surface area contributed by atoms with E-state index in [2.05, 4.69) is 5.32 Å². The van der Waals surface area contributed by atoms with Gasteiger partial charge in [0.15, 0.2) is 0 Å². The number of para-hydroxylation sites is 2. The lowest BCUT2D eigenvalue weighted by molar-refractivity contribution is -0.383. The first-order valence-corrected chi connectivity index (χ1v) is 8.97. The van der Waals surface area contributed by atoms with Gasteiger partial charge in [0.1, 0.15) is 5.69 Å². The van der Waals surface area contributed by atoms with Gasteiger partial charge in [-0.25, -0.2) is 0 Å². The molecule has 0 unspecified atom stereocenters. The van der Waals surface area contributed by atoms with Crippen molar-refractivity contribution in [2.75, 3.05) is 11.9 Å². The number of nitrogens with one attached hydrogen (secondary N) is 1. The molecule has 0 aliphatic carbocycles. The first kappa shape index (κ1) is 19.2. The Morgan fingerprint density at radius 2 is 1.54 bits per heavy atom. The molecule has 0 aromatic heterocycles. The van der Waals surface area contributed by atoms with Crippen molar-refractivity contribution >= 4 is 29.1 Å². The Balaban J connectivity index is 1.42. The molecule has 1 heterocycles. The number of nitro groups is 1. The Kier molecular flexibility index (Phi) is 5.78. The molecule has 0 saturated heterocycles. The number of benzene rings is 2. The second kappa shape index (κ2) is 8.43. The number of anilines is 1. The number of carbonyl (C=O) groups excluding carboxylic acids is 3. The number of nitrogens with zero attached hydrogens (tertiary/aromatic N) is 2. The van der Waals surface area contributed by atoms with Gasteiger partial charge in [-0.05, 0) is 31.0 Å². The molecule has 1 N–H and O–H groups in total. The zero-order valence-electron chi connectivity index (χ0n) is 15.1. The fourth-order valence-corrected chi connectivity index (χ4v) is 3.13. The number of hydrogen-bond donors (Lipinski definition) is 1. The molecule has 0 atom stereocenters. The summed E-state index contributed by atoms with van der Waals surface area (Å²) < 4.78 is 0. The average Bonchev–Trinajstić information content (AvgIpc) is 2.93.